The molecule has 0 aliphatic heterocycles. The van der Waals surface area contributed by atoms with Crippen LogP contribution in [0.4, 0.5) is 0 Å². The molecule has 1 aromatic carbocycles. The average molecular weight is 275 g/mol. The lowest BCUT2D eigenvalue weighted by atomic mass is 9.83. The first-order chi connectivity index (χ1) is 9.65. The number of ether oxygens (including phenoxy) is 1. The zero-order valence-electron chi connectivity index (χ0n) is 11.0. The molecular weight excluding hydrogens is 261 g/mol. The van der Waals surface area contributed by atoms with E-state index in [9.17, 15) is 14.6 Å². The maximum absolute atomic E-state index is 11.4. The standard InChI is InChI=1S/C13H14BNO5/c1-19-13(17)12(16)15-11(14-18)6-8-7-20-10-5-3-2-4-9(8)10/h2-5,7,11,14,18H,6H2,1H3,(H,15,16)/t11-/m0/s1. The Bertz CT molecular complexity index is 624. The van der Waals surface area contributed by atoms with Crippen LogP contribution in [0.3, 0.4) is 0 Å². The average Bonchev–Trinajstić information content (AvgIpc) is 2.88. The van der Waals surface area contributed by atoms with Gasteiger partial charge in [-0.1, -0.05) is 18.2 Å². The molecule has 0 spiro atoms. The molecule has 2 aromatic rings. The van der Waals surface area contributed by atoms with Gasteiger partial charge < -0.3 is 19.5 Å². The van der Waals surface area contributed by atoms with Crippen LogP contribution in [0.1, 0.15) is 5.56 Å². The fourth-order valence-electron chi connectivity index (χ4n) is 1.95. The fraction of sp³-hybridized carbons (Fsp3) is 0.231. The minimum Gasteiger partial charge on any atom is -0.464 e. The summed E-state index contributed by atoms with van der Waals surface area (Å²) >= 11 is 0. The normalized spacial score (nSPS) is 11.9. The van der Waals surface area contributed by atoms with Gasteiger partial charge in [0.25, 0.3) is 7.48 Å². The maximum Gasteiger partial charge on any atom is 0.396 e. The van der Waals surface area contributed by atoms with Crippen molar-refractivity contribution in [2.75, 3.05) is 7.11 Å². The Hall–Kier alpha value is -2.28. The lowest BCUT2D eigenvalue weighted by Crippen LogP contribution is -2.44. The van der Waals surface area contributed by atoms with Crippen LogP contribution in [0, 0.1) is 0 Å². The number of esters is 1. The van der Waals surface area contributed by atoms with E-state index in [1.54, 1.807) is 6.26 Å². The molecule has 1 amide bonds. The molecule has 0 saturated heterocycles. The number of furan rings is 1. The highest BCUT2D eigenvalue weighted by Gasteiger charge is 2.21. The highest BCUT2D eigenvalue weighted by molar-refractivity contribution is 6.35. The van der Waals surface area contributed by atoms with E-state index >= 15 is 0 Å². The van der Waals surface area contributed by atoms with Crippen molar-refractivity contribution in [3.8, 4) is 0 Å². The fourth-order valence-corrected chi connectivity index (χ4v) is 1.95. The van der Waals surface area contributed by atoms with Gasteiger partial charge >= 0.3 is 11.9 Å². The van der Waals surface area contributed by atoms with Crippen LogP contribution in [-0.4, -0.2) is 37.4 Å². The summed E-state index contributed by atoms with van der Waals surface area (Å²) in [7, 11) is 0.835. The van der Waals surface area contributed by atoms with Crippen molar-refractivity contribution >= 4 is 30.3 Å². The van der Waals surface area contributed by atoms with Gasteiger partial charge in [0, 0.05) is 11.3 Å². The number of nitrogens with one attached hydrogen (secondary N) is 1. The van der Waals surface area contributed by atoms with Gasteiger partial charge in [-0.3, -0.25) is 4.79 Å². The summed E-state index contributed by atoms with van der Waals surface area (Å²) in [5.41, 5.74) is 1.59. The van der Waals surface area contributed by atoms with E-state index in [0.29, 0.717) is 6.42 Å². The summed E-state index contributed by atoms with van der Waals surface area (Å²) in [5, 5.41) is 12.6. The van der Waals surface area contributed by atoms with Gasteiger partial charge in [0.15, 0.2) is 0 Å². The highest BCUT2D eigenvalue weighted by atomic mass is 16.5. The first-order valence-corrected chi connectivity index (χ1v) is 6.10. The molecule has 0 fully saturated rings. The number of fused-ring (bicyclic) bond motifs is 1. The van der Waals surface area contributed by atoms with Gasteiger partial charge in [0.1, 0.15) is 5.58 Å². The van der Waals surface area contributed by atoms with Crippen LogP contribution in [0.5, 0.6) is 0 Å². The van der Waals surface area contributed by atoms with Crippen LogP contribution in [0.25, 0.3) is 11.0 Å². The molecule has 104 valence electrons. The lowest BCUT2D eigenvalue weighted by molar-refractivity contribution is -0.152. The number of methoxy groups -OCH3 is 1. The number of carbonyl (C=O) groups is 2. The maximum atomic E-state index is 11.4. The second-order valence-electron chi connectivity index (χ2n) is 4.31. The smallest absolute Gasteiger partial charge is 0.396 e. The van der Waals surface area contributed by atoms with E-state index < -0.39 is 17.8 Å². The second-order valence-corrected chi connectivity index (χ2v) is 4.31. The number of benzene rings is 1. The first-order valence-electron chi connectivity index (χ1n) is 6.10. The molecule has 7 heteroatoms. The van der Waals surface area contributed by atoms with Gasteiger partial charge in [-0.2, -0.15) is 0 Å². The van der Waals surface area contributed by atoms with E-state index in [4.69, 9.17) is 4.42 Å². The van der Waals surface area contributed by atoms with Crippen LogP contribution in [0.15, 0.2) is 34.9 Å². The minimum atomic E-state index is -0.986. The Morgan fingerprint density at radius 2 is 2.20 bits per heavy atom. The molecule has 2 N–H and O–H groups in total. The van der Waals surface area contributed by atoms with Crippen LogP contribution < -0.4 is 5.32 Å². The van der Waals surface area contributed by atoms with E-state index in [0.717, 1.165) is 23.6 Å². The van der Waals surface area contributed by atoms with Gasteiger partial charge in [-0.05, 0) is 18.1 Å². The second kappa shape index (κ2) is 6.25. The van der Waals surface area contributed by atoms with Crippen LogP contribution in [0.2, 0.25) is 0 Å². The van der Waals surface area contributed by atoms with Crippen LogP contribution in [-0.2, 0) is 20.7 Å². The van der Waals surface area contributed by atoms with Crippen molar-refractivity contribution in [2.45, 2.75) is 12.4 Å². The summed E-state index contributed by atoms with van der Waals surface area (Å²) in [5.74, 6) is -2.44. The Kier molecular flexibility index (Phi) is 4.42. The topological polar surface area (TPSA) is 88.8 Å². The predicted octanol–water partition coefficient (Wildman–Crippen LogP) is -0.0656. The molecule has 2 rings (SSSR count). The van der Waals surface area contributed by atoms with E-state index in [2.05, 4.69) is 10.1 Å². The Balaban J connectivity index is 2.10. The summed E-state index contributed by atoms with van der Waals surface area (Å²) in [6.45, 7) is 0. The summed E-state index contributed by atoms with van der Waals surface area (Å²) in [6.07, 6.45) is 1.94. The molecule has 0 bridgehead atoms. The molecule has 20 heavy (non-hydrogen) atoms. The van der Waals surface area contributed by atoms with Crippen molar-refractivity contribution in [1.82, 2.24) is 5.32 Å². The van der Waals surface area contributed by atoms with E-state index in [1.165, 1.54) is 0 Å². The van der Waals surface area contributed by atoms with Crippen molar-refractivity contribution in [1.29, 1.82) is 0 Å². The summed E-state index contributed by atoms with van der Waals surface area (Å²) < 4.78 is 9.69. The van der Waals surface area contributed by atoms with Crippen molar-refractivity contribution in [2.24, 2.45) is 0 Å². The number of hydrogen-bond donors (Lipinski definition) is 2. The highest BCUT2D eigenvalue weighted by Crippen LogP contribution is 2.21. The van der Waals surface area contributed by atoms with Gasteiger partial charge in [-0.15, -0.1) is 0 Å². The van der Waals surface area contributed by atoms with Gasteiger partial charge in [0.05, 0.1) is 13.4 Å². The van der Waals surface area contributed by atoms with E-state index in [1.807, 2.05) is 24.3 Å². The minimum absolute atomic E-state index is 0.289. The third-order valence-electron chi connectivity index (χ3n) is 2.95. The first kappa shape index (κ1) is 14.1. The number of para-hydroxylation sites is 1. The molecule has 1 atom stereocenters. The molecule has 1 heterocycles. The third-order valence-corrected chi connectivity index (χ3v) is 2.95. The molecule has 0 radical (unpaired) electrons. The SMILES string of the molecule is COC(=O)C(=O)N[C@H](BO)Cc1coc2ccccc12. The Labute approximate surface area is 116 Å². The van der Waals surface area contributed by atoms with Crippen molar-refractivity contribution < 1.29 is 23.8 Å². The third kappa shape index (κ3) is 3.00. The quantitative estimate of drug-likeness (QED) is 0.463. The van der Waals surface area contributed by atoms with Crippen molar-refractivity contribution in [3.05, 3.63) is 36.1 Å². The molecule has 6 nitrogen and oxygen atoms in total. The zero-order chi connectivity index (χ0) is 14.5. The molecular formula is C13H14BNO5. The zero-order valence-corrected chi connectivity index (χ0v) is 11.0. The molecule has 0 aliphatic carbocycles. The monoisotopic (exact) mass is 275 g/mol. The molecule has 0 saturated carbocycles. The Morgan fingerprint density at radius 1 is 1.45 bits per heavy atom. The molecule has 0 unspecified atom stereocenters. The summed E-state index contributed by atoms with van der Waals surface area (Å²) in [6, 6.07) is 7.46. The Morgan fingerprint density at radius 3 is 2.90 bits per heavy atom. The molecule has 0 aliphatic rings. The summed E-state index contributed by atoms with van der Waals surface area (Å²) in [4.78, 5) is 22.5. The number of rotatable bonds is 4. The van der Waals surface area contributed by atoms with Crippen LogP contribution >= 0.6 is 0 Å². The van der Waals surface area contributed by atoms with Gasteiger partial charge in [-0.25, -0.2) is 4.79 Å². The predicted molar refractivity (Wildman–Crippen MR) is 73.2 cm³/mol. The van der Waals surface area contributed by atoms with Crippen molar-refractivity contribution in [3.63, 3.8) is 0 Å². The largest absolute Gasteiger partial charge is 0.464 e. The van der Waals surface area contributed by atoms with Gasteiger partial charge in [0.2, 0.25) is 0 Å². The number of carbonyl (C=O) groups excluding carboxylic acids is 2. The lowest BCUT2D eigenvalue weighted by Gasteiger charge is -2.13. The number of amides is 1. The van der Waals surface area contributed by atoms with E-state index in [-0.39, 0.29) is 7.48 Å². The number of hydrogen-bond acceptors (Lipinski definition) is 5. The molecule has 1 aromatic heterocycles.